The third kappa shape index (κ3) is 5.57. The topological polar surface area (TPSA) is 99.6 Å². The van der Waals surface area contributed by atoms with Crippen LogP contribution in [0, 0.1) is 19.8 Å². The van der Waals surface area contributed by atoms with E-state index in [2.05, 4.69) is 10.3 Å². The number of nitrogens with zero attached hydrogens (tertiary/aromatic N) is 2. The van der Waals surface area contributed by atoms with E-state index in [1.165, 1.54) is 11.8 Å². The predicted octanol–water partition coefficient (Wildman–Crippen LogP) is 2.62. The largest absolute Gasteiger partial charge is 0.391 e. The Morgan fingerprint density at radius 1 is 1.26 bits per heavy atom. The Bertz CT molecular complexity index is 970. The van der Waals surface area contributed by atoms with Crippen molar-refractivity contribution in [2.75, 3.05) is 6.54 Å². The summed E-state index contributed by atoms with van der Waals surface area (Å²) >= 11 is 1.65. The second-order valence-electron chi connectivity index (χ2n) is 8.27. The molecule has 2 heterocycles. The van der Waals surface area contributed by atoms with Gasteiger partial charge in [0, 0.05) is 31.8 Å². The lowest BCUT2D eigenvalue weighted by Gasteiger charge is -2.26. The maximum atomic E-state index is 12.8. The molecule has 1 aliphatic rings. The highest BCUT2D eigenvalue weighted by molar-refractivity contribution is 7.15. The van der Waals surface area contributed by atoms with Gasteiger partial charge < -0.3 is 20.1 Å². The Labute approximate surface area is 186 Å². The molecule has 166 valence electrons. The second-order valence-corrected chi connectivity index (χ2v) is 9.47. The van der Waals surface area contributed by atoms with Crippen molar-refractivity contribution < 1.29 is 19.5 Å². The minimum Gasteiger partial charge on any atom is -0.391 e. The lowest BCUT2D eigenvalue weighted by atomic mass is 10.0. The van der Waals surface area contributed by atoms with Gasteiger partial charge in [0.25, 0.3) is 0 Å². The molecule has 3 rings (SSSR count). The van der Waals surface area contributed by atoms with E-state index in [4.69, 9.17) is 0 Å². The number of amides is 2. The summed E-state index contributed by atoms with van der Waals surface area (Å²) < 4.78 is 0. The van der Waals surface area contributed by atoms with Gasteiger partial charge in [-0.25, -0.2) is 4.98 Å². The highest BCUT2D eigenvalue weighted by Gasteiger charge is 2.40. The number of thiazole rings is 1. The second kappa shape index (κ2) is 9.70. The number of β-amino-alcohol motifs (C(OH)–C–C–N with tert-alkyl or cyclic N) is 1. The van der Waals surface area contributed by atoms with E-state index in [9.17, 15) is 19.5 Å². The van der Waals surface area contributed by atoms with Crippen molar-refractivity contribution in [1.82, 2.24) is 15.2 Å². The number of ketones is 1. The minimum absolute atomic E-state index is 0.0753. The van der Waals surface area contributed by atoms with Crippen molar-refractivity contribution in [3.8, 4) is 10.4 Å². The molecule has 0 bridgehead atoms. The average molecular weight is 444 g/mol. The number of benzene rings is 1. The first-order chi connectivity index (χ1) is 14.7. The number of hydrogen-bond acceptors (Lipinski definition) is 6. The normalized spacial score (nSPS) is 19.3. The first-order valence-electron chi connectivity index (χ1n) is 10.4. The van der Waals surface area contributed by atoms with Crippen molar-refractivity contribution in [2.45, 2.75) is 59.2 Å². The molecule has 31 heavy (non-hydrogen) atoms. The standard InChI is InChI=1S/C23H29N3O4S/c1-13(9-14(2)27)23(30)26-12-19(28)10-20(26)22(29)24-11-17-5-7-18(8-6-17)21-15(3)25-16(4)31-21/h5-8,13,19-20,28H,9-12H2,1-4H3,(H,24,29)/t13-,19-,20+/m1/s1. The number of aliphatic hydroxyl groups is 1. The van der Waals surface area contributed by atoms with Crippen LogP contribution in [-0.2, 0) is 20.9 Å². The molecule has 1 aliphatic heterocycles. The summed E-state index contributed by atoms with van der Waals surface area (Å²) in [6.45, 7) is 7.54. The summed E-state index contributed by atoms with van der Waals surface area (Å²) in [6.07, 6.45) is -0.410. The van der Waals surface area contributed by atoms with E-state index < -0.39 is 18.1 Å². The van der Waals surface area contributed by atoms with Gasteiger partial charge in [0.2, 0.25) is 11.8 Å². The number of carbonyl (C=O) groups excluding carboxylic acids is 3. The number of nitrogens with one attached hydrogen (secondary N) is 1. The Kier molecular flexibility index (Phi) is 7.23. The number of aryl methyl sites for hydroxylation is 2. The van der Waals surface area contributed by atoms with Crippen LogP contribution in [0.4, 0.5) is 0 Å². The molecule has 1 aromatic heterocycles. The van der Waals surface area contributed by atoms with E-state index >= 15 is 0 Å². The highest BCUT2D eigenvalue weighted by atomic mass is 32.1. The third-order valence-corrected chi connectivity index (χ3v) is 6.59. The van der Waals surface area contributed by atoms with Gasteiger partial charge in [-0.05, 0) is 31.9 Å². The third-order valence-electron chi connectivity index (χ3n) is 5.47. The molecule has 1 saturated heterocycles. The van der Waals surface area contributed by atoms with Gasteiger partial charge in [0.05, 0.1) is 21.7 Å². The quantitative estimate of drug-likeness (QED) is 0.685. The van der Waals surface area contributed by atoms with Crippen LogP contribution in [-0.4, -0.2) is 51.3 Å². The van der Waals surface area contributed by atoms with E-state index in [1.54, 1.807) is 18.3 Å². The summed E-state index contributed by atoms with van der Waals surface area (Å²) in [7, 11) is 0. The Balaban J connectivity index is 1.62. The van der Waals surface area contributed by atoms with Crippen molar-refractivity contribution in [1.29, 1.82) is 0 Å². The van der Waals surface area contributed by atoms with Gasteiger partial charge in [0.1, 0.15) is 11.8 Å². The van der Waals surface area contributed by atoms with Crippen LogP contribution < -0.4 is 5.32 Å². The fourth-order valence-electron chi connectivity index (χ4n) is 3.99. The molecule has 7 nitrogen and oxygen atoms in total. The first kappa shape index (κ1) is 23.1. The van der Waals surface area contributed by atoms with Crippen molar-refractivity contribution >= 4 is 28.9 Å². The zero-order valence-electron chi connectivity index (χ0n) is 18.3. The molecule has 8 heteroatoms. The van der Waals surface area contributed by atoms with Crippen LogP contribution in [0.15, 0.2) is 24.3 Å². The maximum absolute atomic E-state index is 12.8. The summed E-state index contributed by atoms with van der Waals surface area (Å²) in [5, 5.41) is 13.9. The lowest BCUT2D eigenvalue weighted by molar-refractivity contribution is -0.142. The fourth-order valence-corrected chi connectivity index (χ4v) is 4.91. The summed E-state index contributed by atoms with van der Waals surface area (Å²) in [5.41, 5.74) is 3.04. The molecule has 1 aromatic carbocycles. The summed E-state index contributed by atoms with van der Waals surface area (Å²) in [5.74, 6) is -1.15. The first-order valence-corrected chi connectivity index (χ1v) is 11.3. The van der Waals surface area contributed by atoms with Crippen molar-refractivity contribution in [2.24, 2.45) is 5.92 Å². The zero-order chi connectivity index (χ0) is 22.7. The van der Waals surface area contributed by atoms with Gasteiger partial charge >= 0.3 is 0 Å². The van der Waals surface area contributed by atoms with Crippen LogP contribution in [0.2, 0.25) is 0 Å². The molecular weight excluding hydrogens is 414 g/mol. The molecule has 2 N–H and O–H groups in total. The number of aliphatic hydroxyl groups excluding tert-OH is 1. The van der Waals surface area contributed by atoms with Gasteiger partial charge in [-0.15, -0.1) is 11.3 Å². The van der Waals surface area contributed by atoms with Crippen LogP contribution in [0.5, 0.6) is 0 Å². The molecule has 1 fully saturated rings. The molecule has 0 unspecified atom stereocenters. The highest BCUT2D eigenvalue weighted by Crippen LogP contribution is 2.29. The van der Waals surface area contributed by atoms with E-state index in [1.807, 2.05) is 38.1 Å². The van der Waals surface area contributed by atoms with Gasteiger partial charge in [-0.3, -0.25) is 9.59 Å². The molecule has 0 aliphatic carbocycles. The molecule has 2 aromatic rings. The van der Waals surface area contributed by atoms with Gasteiger partial charge in [0.15, 0.2) is 0 Å². The van der Waals surface area contributed by atoms with Crippen LogP contribution in [0.25, 0.3) is 10.4 Å². The number of likely N-dealkylation sites (tertiary alicyclic amines) is 1. The van der Waals surface area contributed by atoms with Crippen LogP contribution in [0.1, 0.15) is 43.0 Å². The molecule has 0 radical (unpaired) electrons. The number of hydrogen-bond donors (Lipinski definition) is 2. The lowest BCUT2D eigenvalue weighted by Crippen LogP contribution is -2.47. The number of carbonyl (C=O) groups is 3. The minimum atomic E-state index is -0.741. The van der Waals surface area contributed by atoms with E-state index in [0.717, 1.165) is 26.7 Å². The van der Waals surface area contributed by atoms with Crippen molar-refractivity contribution in [3.63, 3.8) is 0 Å². The Morgan fingerprint density at radius 2 is 1.94 bits per heavy atom. The fraction of sp³-hybridized carbons (Fsp3) is 0.478. The number of aromatic nitrogens is 1. The number of rotatable bonds is 7. The van der Waals surface area contributed by atoms with Gasteiger partial charge in [-0.2, -0.15) is 0 Å². The summed E-state index contributed by atoms with van der Waals surface area (Å²) in [4.78, 5) is 43.8. The molecule has 2 amide bonds. The van der Waals surface area contributed by atoms with Gasteiger partial charge in [-0.1, -0.05) is 31.2 Å². The maximum Gasteiger partial charge on any atom is 0.243 e. The molecule has 0 spiro atoms. The summed E-state index contributed by atoms with van der Waals surface area (Å²) in [6, 6.07) is 7.23. The van der Waals surface area contributed by atoms with E-state index in [-0.39, 0.29) is 37.0 Å². The Morgan fingerprint density at radius 3 is 2.52 bits per heavy atom. The Hall–Kier alpha value is -2.58. The SMILES string of the molecule is CC(=O)C[C@@H](C)C(=O)N1C[C@H](O)C[C@H]1C(=O)NCc1ccc(-c2sc(C)nc2C)cc1. The van der Waals surface area contributed by atoms with Crippen LogP contribution in [0.3, 0.4) is 0 Å². The number of Topliss-reactive ketones (excluding diaryl/α,β-unsaturated/α-hetero) is 1. The van der Waals surface area contributed by atoms with E-state index in [0.29, 0.717) is 6.54 Å². The molecular formula is C23H29N3O4S. The van der Waals surface area contributed by atoms with Crippen LogP contribution >= 0.6 is 11.3 Å². The average Bonchev–Trinajstić information content (AvgIpc) is 3.27. The zero-order valence-corrected chi connectivity index (χ0v) is 19.2. The monoisotopic (exact) mass is 443 g/mol. The molecule has 0 saturated carbocycles. The smallest absolute Gasteiger partial charge is 0.243 e. The van der Waals surface area contributed by atoms with Crippen molar-refractivity contribution in [3.05, 3.63) is 40.5 Å². The molecule has 3 atom stereocenters. The predicted molar refractivity (Wildman–Crippen MR) is 119 cm³/mol.